The zero-order valence-corrected chi connectivity index (χ0v) is 10.9. The van der Waals surface area contributed by atoms with Crippen LogP contribution in [0.1, 0.15) is 36.0 Å². The fraction of sp³-hybridized carbons (Fsp3) is 0.500. The number of carbonyl (C=O) groups is 1. The molecule has 19 heavy (non-hydrogen) atoms. The largest absolute Gasteiger partial charge is 0.508 e. The fourth-order valence-corrected chi connectivity index (χ4v) is 2.48. The maximum atomic E-state index is 13.5. The van der Waals surface area contributed by atoms with E-state index in [9.17, 15) is 9.18 Å². The van der Waals surface area contributed by atoms with Gasteiger partial charge in [0.2, 0.25) is 0 Å². The summed E-state index contributed by atoms with van der Waals surface area (Å²) in [7, 11) is 1.94. The van der Waals surface area contributed by atoms with Crippen LogP contribution in [0.3, 0.4) is 0 Å². The van der Waals surface area contributed by atoms with Gasteiger partial charge in [-0.3, -0.25) is 4.79 Å². The van der Waals surface area contributed by atoms with Crippen LogP contribution in [-0.4, -0.2) is 30.1 Å². The number of halogens is 1. The van der Waals surface area contributed by atoms with Crippen molar-refractivity contribution in [1.29, 1.82) is 0 Å². The Morgan fingerprint density at radius 3 is 2.47 bits per heavy atom. The van der Waals surface area contributed by atoms with Gasteiger partial charge in [-0.05, 0) is 44.9 Å². The van der Waals surface area contributed by atoms with Crippen LogP contribution in [0.4, 0.5) is 4.39 Å². The first kappa shape index (κ1) is 13.8. The second-order valence-corrected chi connectivity index (χ2v) is 4.97. The number of nitrogens with one attached hydrogen (secondary N) is 2. The number of phenolic OH excluding ortho intramolecular Hbond substituents is 1. The molecule has 0 unspecified atom stereocenters. The smallest absolute Gasteiger partial charge is 0.254 e. The van der Waals surface area contributed by atoms with Crippen molar-refractivity contribution < 1.29 is 14.3 Å². The number of hydrogen-bond donors (Lipinski definition) is 3. The lowest BCUT2D eigenvalue weighted by molar-refractivity contribution is 0.0920. The van der Waals surface area contributed by atoms with E-state index < -0.39 is 11.7 Å². The Labute approximate surface area is 112 Å². The lowest BCUT2D eigenvalue weighted by Gasteiger charge is -2.28. The molecule has 104 valence electrons. The van der Waals surface area contributed by atoms with Crippen molar-refractivity contribution in [3.63, 3.8) is 0 Å². The molecule has 0 atom stereocenters. The summed E-state index contributed by atoms with van der Waals surface area (Å²) in [6.45, 7) is 0. The molecule has 1 aromatic rings. The molecule has 1 saturated carbocycles. The second kappa shape index (κ2) is 6.02. The SMILES string of the molecule is CNC1CCC(NC(=O)c2ccc(O)cc2F)CC1. The van der Waals surface area contributed by atoms with Gasteiger partial charge in [-0.1, -0.05) is 0 Å². The molecule has 0 heterocycles. The van der Waals surface area contributed by atoms with Gasteiger partial charge in [0.25, 0.3) is 5.91 Å². The van der Waals surface area contributed by atoms with Crippen LogP contribution in [0, 0.1) is 5.82 Å². The Kier molecular flexibility index (Phi) is 4.37. The lowest BCUT2D eigenvalue weighted by Crippen LogP contribution is -2.41. The Morgan fingerprint density at radius 2 is 1.89 bits per heavy atom. The van der Waals surface area contributed by atoms with Crippen molar-refractivity contribution in [2.24, 2.45) is 0 Å². The molecular formula is C14H19FN2O2. The molecule has 0 spiro atoms. The number of rotatable bonds is 3. The van der Waals surface area contributed by atoms with Gasteiger partial charge in [0.15, 0.2) is 0 Å². The first-order valence-corrected chi connectivity index (χ1v) is 6.57. The van der Waals surface area contributed by atoms with Crippen LogP contribution in [0.2, 0.25) is 0 Å². The standard InChI is InChI=1S/C14H19FN2O2/c1-16-9-2-4-10(5-3-9)17-14(19)12-7-6-11(18)8-13(12)15/h6-10,16,18H,2-5H2,1H3,(H,17,19). The highest BCUT2D eigenvalue weighted by atomic mass is 19.1. The molecule has 1 aliphatic rings. The molecule has 0 radical (unpaired) electrons. The van der Waals surface area contributed by atoms with Crippen LogP contribution in [0.25, 0.3) is 0 Å². The normalized spacial score (nSPS) is 23.1. The van der Waals surface area contributed by atoms with E-state index in [1.807, 2.05) is 7.05 Å². The Hall–Kier alpha value is -1.62. The summed E-state index contributed by atoms with van der Waals surface area (Å²) < 4.78 is 13.5. The molecule has 1 aromatic carbocycles. The first-order valence-electron chi connectivity index (χ1n) is 6.57. The Morgan fingerprint density at radius 1 is 1.26 bits per heavy atom. The zero-order chi connectivity index (χ0) is 13.8. The Bertz CT molecular complexity index is 457. The van der Waals surface area contributed by atoms with Gasteiger partial charge in [-0.15, -0.1) is 0 Å². The summed E-state index contributed by atoms with van der Waals surface area (Å²) in [5, 5.41) is 15.2. The highest BCUT2D eigenvalue weighted by Gasteiger charge is 2.22. The van der Waals surface area contributed by atoms with Gasteiger partial charge in [-0.2, -0.15) is 0 Å². The molecule has 0 bridgehead atoms. The van der Waals surface area contributed by atoms with E-state index in [-0.39, 0.29) is 17.4 Å². The van der Waals surface area contributed by atoms with Gasteiger partial charge >= 0.3 is 0 Å². The molecule has 0 aromatic heterocycles. The van der Waals surface area contributed by atoms with Crippen LogP contribution >= 0.6 is 0 Å². The number of hydrogen-bond acceptors (Lipinski definition) is 3. The minimum Gasteiger partial charge on any atom is -0.508 e. The molecule has 2 rings (SSSR count). The summed E-state index contributed by atoms with van der Waals surface area (Å²) in [5.74, 6) is -1.28. The quantitative estimate of drug-likeness (QED) is 0.781. The molecule has 1 amide bonds. The summed E-state index contributed by atoms with van der Waals surface area (Å²) in [6, 6.07) is 4.19. The van der Waals surface area contributed by atoms with Gasteiger partial charge in [0.1, 0.15) is 11.6 Å². The topological polar surface area (TPSA) is 61.4 Å². The van der Waals surface area contributed by atoms with Crippen molar-refractivity contribution >= 4 is 5.91 Å². The number of amides is 1. The van der Waals surface area contributed by atoms with E-state index in [1.165, 1.54) is 12.1 Å². The third-order valence-electron chi connectivity index (χ3n) is 3.67. The molecule has 1 fully saturated rings. The molecule has 0 saturated heterocycles. The van der Waals surface area contributed by atoms with E-state index >= 15 is 0 Å². The van der Waals surface area contributed by atoms with Crippen molar-refractivity contribution in [3.05, 3.63) is 29.6 Å². The van der Waals surface area contributed by atoms with E-state index in [1.54, 1.807) is 0 Å². The highest BCUT2D eigenvalue weighted by Crippen LogP contribution is 2.20. The van der Waals surface area contributed by atoms with E-state index in [2.05, 4.69) is 10.6 Å². The van der Waals surface area contributed by atoms with Crippen LogP contribution in [0.15, 0.2) is 18.2 Å². The fourth-order valence-electron chi connectivity index (χ4n) is 2.48. The average molecular weight is 266 g/mol. The third-order valence-corrected chi connectivity index (χ3v) is 3.67. The monoisotopic (exact) mass is 266 g/mol. The Balaban J connectivity index is 1.94. The molecule has 1 aliphatic carbocycles. The van der Waals surface area contributed by atoms with Gasteiger partial charge in [0.05, 0.1) is 5.56 Å². The van der Waals surface area contributed by atoms with E-state index in [0.29, 0.717) is 6.04 Å². The lowest BCUT2D eigenvalue weighted by atomic mass is 9.91. The third kappa shape index (κ3) is 3.44. The summed E-state index contributed by atoms with van der Waals surface area (Å²) in [5.41, 5.74) is -0.0199. The maximum absolute atomic E-state index is 13.5. The van der Waals surface area contributed by atoms with Gasteiger partial charge in [-0.25, -0.2) is 4.39 Å². The predicted molar refractivity (Wildman–Crippen MR) is 70.6 cm³/mol. The second-order valence-electron chi connectivity index (χ2n) is 4.97. The summed E-state index contributed by atoms with van der Waals surface area (Å²) in [6.07, 6.45) is 3.83. The van der Waals surface area contributed by atoms with Crippen molar-refractivity contribution in [2.75, 3.05) is 7.05 Å². The van der Waals surface area contributed by atoms with Crippen LogP contribution in [-0.2, 0) is 0 Å². The van der Waals surface area contributed by atoms with Crippen molar-refractivity contribution in [1.82, 2.24) is 10.6 Å². The summed E-state index contributed by atoms with van der Waals surface area (Å²) in [4.78, 5) is 11.9. The minimum absolute atomic E-state index is 0.0199. The minimum atomic E-state index is -0.693. The van der Waals surface area contributed by atoms with E-state index in [0.717, 1.165) is 31.7 Å². The van der Waals surface area contributed by atoms with Crippen LogP contribution < -0.4 is 10.6 Å². The van der Waals surface area contributed by atoms with Gasteiger partial charge < -0.3 is 15.7 Å². The predicted octanol–water partition coefficient (Wildman–Crippen LogP) is 1.79. The van der Waals surface area contributed by atoms with Crippen LogP contribution in [0.5, 0.6) is 5.75 Å². The summed E-state index contributed by atoms with van der Waals surface area (Å²) >= 11 is 0. The maximum Gasteiger partial charge on any atom is 0.254 e. The molecular weight excluding hydrogens is 247 g/mol. The molecule has 5 heteroatoms. The number of phenols is 1. The number of benzene rings is 1. The molecule has 0 aliphatic heterocycles. The molecule has 4 nitrogen and oxygen atoms in total. The van der Waals surface area contributed by atoms with Crippen molar-refractivity contribution in [3.8, 4) is 5.75 Å². The van der Waals surface area contributed by atoms with Crippen molar-refractivity contribution in [2.45, 2.75) is 37.8 Å². The number of carbonyl (C=O) groups excluding carboxylic acids is 1. The van der Waals surface area contributed by atoms with Gasteiger partial charge in [0, 0.05) is 18.2 Å². The first-order chi connectivity index (χ1) is 9.10. The van der Waals surface area contributed by atoms with E-state index in [4.69, 9.17) is 5.11 Å². The number of aromatic hydroxyl groups is 1. The highest BCUT2D eigenvalue weighted by molar-refractivity contribution is 5.94. The average Bonchev–Trinajstić information content (AvgIpc) is 2.39. The molecule has 3 N–H and O–H groups in total. The zero-order valence-electron chi connectivity index (χ0n) is 10.9.